The van der Waals surface area contributed by atoms with E-state index in [0.717, 1.165) is 25.7 Å². The average Bonchev–Trinajstić information content (AvgIpc) is 3.11. The lowest BCUT2D eigenvalue weighted by Crippen LogP contribution is -2.80. The number of ether oxygens (including phenoxy) is 1. The number of hydrogen-bond donors (Lipinski definition) is 3. The molecule has 2 aliphatic carbocycles. The maximum absolute atomic E-state index is 14.6. The Balaban J connectivity index is 1.70. The second-order valence-corrected chi connectivity index (χ2v) is 8.95. The SMILES string of the molecule is COc1ccc(N2C(N)N(C3CCCCCC3)C(N)N(C3CCCC3)C2N)cc1F. The molecule has 7 nitrogen and oxygen atoms in total. The largest absolute Gasteiger partial charge is 0.494 e. The first kappa shape index (κ1) is 21.8. The molecule has 3 fully saturated rings. The summed E-state index contributed by atoms with van der Waals surface area (Å²) in [6.07, 6.45) is 10.3. The third-order valence-corrected chi connectivity index (χ3v) is 7.22. The van der Waals surface area contributed by atoms with Gasteiger partial charge in [-0.15, -0.1) is 0 Å². The van der Waals surface area contributed by atoms with Gasteiger partial charge < -0.3 is 15.4 Å². The Morgan fingerprint density at radius 3 is 1.77 bits per heavy atom. The molecule has 1 aliphatic heterocycles. The van der Waals surface area contributed by atoms with Gasteiger partial charge in [-0.1, -0.05) is 38.5 Å². The van der Waals surface area contributed by atoms with Crippen molar-refractivity contribution >= 4 is 5.69 Å². The van der Waals surface area contributed by atoms with Crippen molar-refractivity contribution in [3.05, 3.63) is 24.0 Å². The van der Waals surface area contributed by atoms with Gasteiger partial charge in [0.05, 0.1) is 7.11 Å². The molecule has 1 aromatic rings. The fraction of sp³-hybridized carbons (Fsp3) is 0.727. The lowest BCUT2D eigenvalue weighted by Gasteiger charge is -2.58. The molecule has 4 rings (SSSR count). The summed E-state index contributed by atoms with van der Waals surface area (Å²) in [5.41, 5.74) is 21.1. The Kier molecular flexibility index (Phi) is 6.79. The molecule has 8 heteroatoms. The molecular weight excluding hydrogens is 383 g/mol. The van der Waals surface area contributed by atoms with Crippen LogP contribution in [0.15, 0.2) is 18.2 Å². The molecule has 0 amide bonds. The topological polar surface area (TPSA) is 97.0 Å². The summed E-state index contributed by atoms with van der Waals surface area (Å²) >= 11 is 0. The first-order valence-electron chi connectivity index (χ1n) is 11.5. The number of hydrogen-bond acceptors (Lipinski definition) is 7. The molecule has 0 spiro atoms. The first-order valence-corrected chi connectivity index (χ1v) is 11.5. The Hall–Kier alpha value is -1.45. The van der Waals surface area contributed by atoms with Crippen molar-refractivity contribution in [3.8, 4) is 5.75 Å². The fourth-order valence-corrected chi connectivity index (χ4v) is 5.65. The van der Waals surface area contributed by atoms with Crippen molar-refractivity contribution in [2.24, 2.45) is 17.2 Å². The van der Waals surface area contributed by atoms with E-state index in [-0.39, 0.29) is 12.0 Å². The summed E-state index contributed by atoms with van der Waals surface area (Å²) in [6.45, 7) is 0. The van der Waals surface area contributed by atoms with Crippen LogP contribution in [0.3, 0.4) is 0 Å². The highest BCUT2D eigenvalue weighted by Gasteiger charge is 2.47. The third-order valence-electron chi connectivity index (χ3n) is 7.22. The number of methoxy groups -OCH3 is 1. The summed E-state index contributed by atoms with van der Waals surface area (Å²) in [6, 6.07) is 5.55. The number of rotatable bonds is 4. The van der Waals surface area contributed by atoms with Crippen LogP contribution < -0.4 is 26.8 Å². The lowest BCUT2D eigenvalue weighted by atomic mass is 10.1. The third kappa shape index (κ3) is 4.03. The number of halogens is 1. The Labute approximate surface area is 179 Å². The molecule has 30 heavy (non-hydrogen) atoms. The Morgan fingerprint density at radius 1 is 0.800 bits per heavy atom. The van der Waals surface area contributed by atoms with Crippen molar-refractivity contribution in [2.75, 3.05) is 12.0 Å². The van der Waals surface area contributed by atoms with Crippen molar-refractivity contribution in [2.45, 2.75) is 95.2 Å². The molecule has 3 unspecified atom stereocenters. The van der Waals surface area contributed by atoms with Gasteiger partial charge in [0.15, 0.2) is 11.6 Å². The Bertz CT molecular complexity index is 707. The fourth-order valence-electron chi connectivity index (χ4n) is 5.65. The number of nitrogens with two attached hydrogens (primary N) is 3. The summed E-state index contributed by atoms with van der Waals surface area (Å²) in [7, 11) is 1.46. The molecule has 0 radical (unpaired) electrons. The molecule has 1 saturated heterocycles. The predicted octanol–water partition coefficient (Wildman–Crippen LogP) is 2.65. The summed E-state index contributed by atoms with van der Waals surface area (Å²) in [4.78, 5) is 6.37. The number of anilines is 1. The molecular formula is C22H37FN6O. The molecule has 0 aromatic heterocycles. The second-order valence-electron chi connectivity index (χ2n) is 8.95. The second kappa shape index (κ2) is 9.36. The van der Waals surface area contributed by atoms with E-state index in [9.17, 15) is 4.39 Å². The zero-order chi connectivity index (χ0) is 21.3. The molecule has 1 heterocycles. The van der Waals surface area contributed by atoms with Crippen LogP contribution in [-0.4, -0.2) is 47.9 Å². The van der Waals surface area contributed by atoms with E-state index in [1.807, 2.05) is 11.0 Å². The van der Waals surface area contributed by atoms with Gasteiger partial charge in [-0.2, -0.15) is 0 Å². The Morgan fingerprint density at radius 2 is 1.30 bits per heavy atom. The van der Waals surface area contributed by atoms with Crippen LogP contribution in [0.1, 0.15) is 64.2 Å². The molecule has 1 aromatic carbocycles. The molecule has 3 atom stereocenters. The van der Waals surface area contributed by atoms with Crippen LogP contribution in [0.25, 0.3) is 0 Å². The predicted molar refractivity (Wildman–Crippen MR) is 117 cm³/mol. The average molecular weight is 421 g/mol. The van der Waals surface area contributed by atoms with Gasteiger partial charge >= 0.3 is 0 Å². The van der Waals surface area contributed by atoms with Gasteiger partial charge in [-0.25, -0.2) is 14.2 Å². The van der Waals surface area contributed by atoms with Gasteiger partial charge in [0.25, 0.3) is 0 Å². The van der Waals surface area contributed by atoms with Crippen molar-refractivity contribution < 1.29 is 9.13 Å². The van der Waals surface area contributed by atoms with Crippen molar-refractivity contribution in [1.82, 2.24) is 9.80 Å². The first-order chi connectivity index (χ1) is 14.5. The molecule has 2 saturated carbocycles. The van der Waals surface area contributed by atoms with Gasteiger partial charge in [0.2, 0.25) is 0 Å². The molecule has 0 bridgehead atoms. The monoisotopic (exact) mass is 420 g/mol. The van der Waals surface area contributed by atoms with Gasteiger partial charge in [0, 0.05) is 23.8 Å². The minimum Gasteiger partial charge on any atom is -0.494 e. The standard InChI is InChI=1S/C22H37FN6O/c1-30-19-13-12-17(14-18(19)23)29-21(25)27(15-8-4-2-3-5-9-15)20(24)28(22(29)26)16-10-6-7-11-16/h12-16,20-22H,2-11,24-26H2,1H3. The van der Waals surface area contributed by atoms with Gasteiger partial charge in [0.1, 0.15) is 18.9 Å². The van der Waals surface area contributed by atoms with E-state index in [2.05, 4.69) is 9.80 Å². The van der Waals surface area contributed by atoms with E-state index < -0.39 is 18.4 Å². The smallest absolute Gasteiger partial charge is 0.167 e. The highest BCUT2D eigenvalue weighted by atomic mass is 19.1. The van der Waals surface area contributed by atoms with Crippen LogP contribution in [0.5, 0.6) is 5.75 Å². The lowest BCUT2D eigenvalue weighted by molar-refractivity contribution is -0.104. The zero-order valence-corrected chi connectivity index (χ0v) is 18.0. The molecule has 3 aliphatic rings. The normalized spacial score (nSPS) is 30.6. The van der Waals surface area contributed by atoms with E-state index in [0.29, 0.717) is 17.8 Å². The molecule has 168 valence electrons. The van der Waals surface area contributed by atoms with E-state index >= 15 is 0 Å². The van der Waals surface area contributed by atoms with Gasteiger partial charge in [-0.3, -0.25) is 11.5 Å². The minimum absolute atomic E-state index is 0.211. The minimum atomic E-state index is -0.511. The zero-order valence-electron chi connectivity index (χ0n) is 18.0. The van der Waals surface area contributed by atoms with Crippen molar-refractivity contribution in [3.63, 3.8) is 0 Å². The van der Waals surface area contributed by atoms with Crippen LogP contribution in [0.4, 0.5) is 10.1 Å². The summed E-state index contributed by atoms with van der Waals surface area (Å²) in [5.74, 6) is -0.208. The number of nitrogens with zero attached hydrogens (tertiary/aromatic N) is 3. The van der Waals surface area contributed by atoms with Crippen LogP contribution in [0, 0.1) is 5.82 Å². The van der Waals surface area contributed by atoms with E-state index in [1.165, 1.54) is 51.7 Å². The summed E-state index contributed by atoms with van der Waals surface area (Å²) in [5, 5.41) is 0. The highest BCUT2D eigenvalue weighted by Crippen LogP contribution is 2.36. The maximum Gasteiger partial charge on any atom is 0.167 e. The van der Waals surface area contributed by atoms with Gasteiger partial charge in [-0.05, 0) is 37.8 Å². The highest BCUT2D eigenvalue weighted by molar-refractivity contribution is 5.51. The van der Waals surface area contributed by atoms with E-state index in [1.54, 1.807) is 6.07 Å². The molecule has 6 N–H and O–H groups in total. The quantitative estimate of drug-likeness (QED) is 0.644. The maximum atomic E-state index is 14.6. The number of benzene rings is 1. The van der Waals surface area contributed by atoms with E-state index in [4.69, 9.17) is 21.9 Å². The van der Waals surface area contributed by atoms with Crippen LogP contribution in [-0.2, 0) is 0 Å². The summed E-state index contributed by atoms with van der Waals surface area (Å²) < 4.78 is 19.6. The van der Waals surface area contributed by atoms with Crippen molar-refractivity contribution in [1.29, 1.82) is 0 Å². The van der Waals surface area contributed by atoms with Crippen LogP contribution >= 0.6 is 0 Å². The van der Waals surface area contributed by atoms with Crippen LogP contribution in [0.2, 0.25) is 0 Å².